The fourth-order valence-electron chi connectivity index (χ4n) is 3.26. The number of carboxylic acids is 1. The van der Waals surface area contributed by atoms with Crippen molar-refractivity contribution < 1.29 is 14.7 Å². The standard InChI is InChI=1S/C18H20N2O3/c1-19-9-5-8-16(19)17(21)20-11-14(10-15(12-20)18(22)23)13-6-3-2-4-7-13/h2-9,14-15H,10-12H2,1H3,(H,22,23)/t14-,15-/m1/s1. The highest BCUT2D eigenvalue weighted by Gasteiger charge is 2.35. The lowest BCUT2D eigenvalue weighted by Gasteiger charge is -2.36. The number of carbonyl (C=O) groups excluding carboxylic acids is 1. The molecule has 2 heterocycles. The molecule has 1 amide bonds. The number of aromatic nitrogens is 1. The molecule has 1 aromatic heterocycles. The summed E-state index contributed by atoms with van der Waals surface area (Å²) in [7, 11) is 1.82. The Bertz CT molecular complexity index is 708. The van der Waals surface area contributed by atoms with Gasteiger partial charge in [-0.3, -0.25) is 9.59 Å². The van der Waals surface area contributed by atoms with Crippen LogP contribution in [0, 0.1) is 5.92 Å². The summed E-state index contributed by atoms with van der Waals surface area (Å²) >= 11 is 0. The van der Waals surface area contributed by atoms with Gasteiger partial charge >= 0.3 is 5.97 Å². The minimum Gasteiger partial charge on any atom is -0.481 e. The van der Waals surface area contributed by atoms with Crippen LogP contribution in [0.4, 0.5) is 0 Å². The van der Waals surface area contributed by atoms with E-state index < -0.39 is 11.9 Å². The third-order valence-electron chi connectivity index (χ3n) is 4.52. The largest absolute Gasteiger partial charge is 0.481 e. The molecule has 0 spiro atoms. The molecule has 1 aliphatic rings. The van der Waals surface area contributed by atoms with Gasteiger partial charge in [-0.15, -0.1) is 0 Å². The highest BCUT2D eigenvalue weighted by atomic mass is 16.4. The number of aryl methyl sites for hydroxylation is 1. The number of rotatable bonds is 3. The topological polar surface area (TPSA) is 62.5 Å². The van der Waals surface area contributed by atoms with E-state index in [2.05, 4.69) is 0 Å². The van der Waals surface area contributed by atoms with Crippen molar-refractivity contribution in [1.82, 2.24) is 9.47 Å². The number of benzene rings is 1. The molecule has 0 aliphatic carbocycles. The van der Waals surface area contributed by atoms with Crippen molar-refractivity contribution in [2.45, 2.75) is 12.3 Å². The maximum absolute atomic E-state index is 12.7. The quantitative estimate of drug-likeness (QED) is 0.946. The zero-order valence-corrected chi connectivity index (χ0v) is 13.1. The summed E-state index contributed by atoms with van der Waals surface area (Å²) in [6.07, 6.45) is 2.39. The molecule has 1 aliphatic heterocycles. The SMILES string of the molecule is Cn1cccc1C(=O)N1C[C@H](C(=O)O)C[C@@H](c2ccccc2)C1. The summed E-state index contributed by atoms with van der Waals surface area (Å²) in [6.45, 7) is 0.820. The number of aliphatic carboxylic acids is 1. The van der Waals surface area contributed by atoms with E-state index in [1.165, 1.54) is 0 Å². The van der Waals surface area contributed by atoms with Crippen molar-refractivity contribution in [2.24, 2.45) is 13.0 Å². The number of piperidine rings is 1. The van der Waals surface area contributed by atoms with E-state index in [-0.39, 0.29) is 18.4 Å². The van der Waals surface area contributed by atoms with E-state index in [0.717, 1.165) is 5.56 Å². The highest BCUT2D eigenvalue weighted by Crippen LogP contribution is 2.31. The Morgan fingerprint density at radius 2 is 1.83 bits per heavy atom. The van der Waals surface area contributed by atoms with Crippen molar-refractivity contribution in [3.05, 3.63) is 59.9 Å². The molecular formula is C18H20N2O3. The second kappa shape index (κ2) is 6.28. The van der Waals surface area contributed by atoms with Gasteiger partial charge in [0.1, 0.15) is 5.69 Å². The molecule has 2 aromatic rings. The van der Waals surface area contributed by atoms with Crippen LogP contribution in [0.15, 0.2) is 48.7 Å². The molecule has 1 N–H and O–H groups in total. The normalized spacial score (nSPS) is 21.2. The second-order valence-electron chi connectivity index (χ2n) is 6.09. The summed E-state index contributed by atoms with van der Waals surface area (Å²) in [5.74, 6) is -1.42. The van der Waals surface area contributed by atoms with Crippen LogP contribution < -0.4 is 0 Å². The number of nitrogens with zero attached hydrogens (tertiary/aromatic N) is 2. The first-order chi connectivity index (χ1) is 11.1. The molecule has 5 nitrogen and oxygen atoms in total. The van der Waals surface area contributed by atoms with Gasteiger partial charge in [-0.2, -0.15) is 0 Å². The lowest BCUT2D eigenvalue weighted by Crippen LogP contribution is -2.45. The maximum Gasteiger partial charge on any atom is 0.308 e. The van der Waals surface area contributed by atoms with E-state index in [9.17, 15) is 14.7 Å². The van der Waals surface area contributed by atoms with E-state index in [4.69, 9.17) is 0 Å². The first kappa shape index (κ1) is 15.3. The zero-order chi connectivity index (χ0) is 16.4. The number of amides is 1. The number of carbonyl (C=O) groups is 2. The van der Waals surface area contributed by atoms with Gasteiger partial charge < -0.3 is 14.6 Å². The van der Waals surface area contributed by atoms with Crippen LogP contribution in [-0.2, 0) is 11.8 Å². The minimum atomic E-state index is -0.838. The molecule has 0 radical (unpaired) electrons. The van der Waals surface area contributed by atoms with Gasteiger partial charge in [0, 0.05) is 32.3 Å². The summed E-state index contributed by atoms with van der Waals surface area (Å²) in [5, 5.41) is 9.44. The van der Waals surface area contributed by atoms with Gasteiger partial charge in [0.2, 0.25) is 0 Å². The van der Waals surface area contributed by atoms with Gasteiger partial charge in [-0.05, 0) is 24.1 Å². The monoisotopic (exact) mass is 312 g/mol. The molecule has 3 rings (SSSR count). The smallest absolute Gasteiger partial charge is 0.308 e. The van der Waals surface area contributed by atoms with Crippen LogP contribution >= 0.6 is 0 Å². The Balaban J connectivity index is 1.86. The van der Waals surface area contributed by atoms with Gasteiger partial charge in [0.05, 0.1) is 5.92 Å². The number of likely N-dealkylation sites (tertiary alicyclic amines) is 1. The van der Waals surface area contributed by atoms with Crippen LogP contribution in [0.25, 0.3) is 0 Å². The molecule has 23 heavy (non-hydrogen) atoms. The molecular weight excluding hydrogens is 292 g/mol. The predicted octanol–water partition coefficient (Wildman–Crippen LogP) is 2.36. The number of hydrogen-bond donors (Lipinski definition) is 1. The molecule has 0 unspecified atom stereocenters. The Morgan fingerprint density at radius 1 is 1.09 bits per heavy atom. The van der Waals surface area contributed by atoms with Crippen LogP contribution in [0.1, 0.15) is 28.4 Å². The van der Waals surface area contributed by atoms with Crippen molar-refractivity contribution >= 4 is 11.9 Å². The van der Waals surface area contributed by atoms with E-state index in [1.807, 2.05) is 49.6 Å². The Hall–Kier alpha value is -2.56. The summed E-state index contributed by atoms with van der Waals surface area (Å²) < 4.78 is 1.77. The maximum atomic E-state index is 12.7. The molecule has 1 aromatic carbocycles. The fourth-order valence-corrected chi connectivity index (χ4v) is 3.26. The van der Waals surface area contributed by atoms with Crippen molar-refractivity contribution in [3.8, 4) is 0 Å². The minimum absolute atomic E-state index is 0.0512. The highest BCUT2D eigenvalue weighted by molar-refractivity contribution is 5.93. The lowest BCUT2D eigenvalue weighted by atomic mass is 9.84. The molecule has 0 bridgehead atoms. The summed E-state index contributed by atoms with van der Waals surface area (Å²) in [4.78, 5) is 25.9. The van der Waals surface area contributed by atoms with Gasteiger partial charge in [0.15, 0.2) is 0 Å². The second-order valence-corrected chi connectivity index (χ2v) is 6.09. The Morgan fingerprint density at radius 3 is 2.43 bits per heavy atom. The third-order valence-corrected chi connectivity index (χ3v) is 4.52. The van der Waals surface area contributed by atoms with E-state index >= 15 is 0 Å². The predicted molar refractivity (Wildman–Crippen MR) is 86.2 cm³/mol. The van der Waals surface area contributed by atoms with E-state index in [1.54, 1.807) is 15.5 Å². The lowest BCUT2D eigenvalue weighted by molar-refractivity contribution is -0.143. The average Bonchev–Trinajstić information content (AvgIpc) is 3.00. The van der Waals surface area contributed by atoms with Crippen molar-refractivity contribution in [1.29, 1.82) is 0 Å². The molecule has 5 heteroatoms. The molecule has 120 valence electrons. The molecule has 1 saturated heterocycles. The van der Waals surface area contributed by atoms with Gasteiger partial charge in [0.25, 0.3) is 5.91 Å². The van der Waals surface area contributed by atoms with Crippen LogP contribution in [-0.4, -0.2) is 39.5 Å². The number of hydrogen-bond acceptors (Lipinski definition) is 2. The average molecular weight is 312 g/mol. The molecule has 0 saturated carbocycles. The van der Waals surface area contributed by atoms with Crippen molar-refractivity contribution in [3.63, 3.8) is 0 Å². The van der Waals surface area contributed by atoms with Crippen molar-refractivity contribution in [2.75, 3.05) is 13.1 Å². The first-order valence-electron chi connectivity index (χ1n) is 7.74. The van der Waals surface area contributed by atoms with Gasteiger partial charge in [-0.1, -0.05) is 30.3 Å². The van der Waals surface area contributed by atoms with Crippen LogP contribution in [0.5, 0.6) is 0 Å². The van der Waals surface area contributed by atoms with Crippen LogP contribution in [0.2, 0.25) is 0 Å². The van der Waals surface area contributed by atoms with Gasteiger partial charge in [-0.25, -0.2) is 0 Å². The van der Waals surface area contributed by atoms with Crippen LogP contribution in [0.3, 0.4) is 0 Å². The Labute approximate surface area is 135 Å². The Kier molecular flexibility index (Phi) is 4.19. The summed E-state index contributed by atoms with van der Waals surface area (Å²) in [5.41, 5.74) is 1.67. The summed E-state index contributed by atoms with van der Waals surface area (Å²) in [6, 6.07) is 13.4. The fraction of sp³-hybridized carbons (Fsp3) is 0.333. The molecule has 1 fully saturated rings. The third kappa shape index (κ3) is 3.13. The van der Waals surface area contributed by atoms with E-state index in [0.29, 0.717) is 18.7 Å². The first-order valence-corrected chi connectivity index (χ1v) is 7.74. The molecule has 2 atom stereocenters. The zero-order valence-electron chi connectivity index (χ0n) is 13.1. The number of carboxylic acid groups (broad SMARTS) is 1.